The van der Waals surface area contributed by atoms with E-state index in [0.717, 1.165) is 78.0 Å². The first-order valence-corrected chi connectivity index (χ1v) is 22.9. The summed E-state index contributed by atoms with van der Waals surface area (Å²) in [6, 6.07) is 75.3. The van der Waals surface area contributed by atoms with Gasteiger partial charge in [-0.3, -0.25) is 15.0 Å². The molecule has 0 saturated heterocycles. The molecule has 4 aromatic heterocycles. The summed E-state index contributed by atoms with van der Waals surface area (Å²) in [6.07, 6.45) is 5.45. The molecule has 0 N–H and O–H groups in total. The van der Waals surface area contributed by atoms with E-state index in [0.29, 0.717) is 11.8 Å². The zero-order valence-corrected chi connectivity index (χ0v) is 40.8. The average molecular weight is 1060 g/mol. The number of benzene rings is 7. The van der Waals surface area contributed by atoms with Gasteiger partial charge in [0.1, 0.15) is 11.2 Å². The van der Waals surface area contributed by atoms with E-state index in [2.05, 4.69) is 170 Å². The summed E-state index contributed by atoms with van der Waals surface area (Å²) >= 11 is 0. The quantitative estimate of drug-likeness (QED) is 0.135. The molecule has 0 atom stereocenters. The Hall–Kier alpha value is -7.56. The van der Waals surface area contributed by atoms with Crippen LogP contribution in [0.2, 0.25) is 0 Å². The minimum atomic E-state index is 0. The molecule has 5 heteroatoms. The Morgan fingerprint density at radius 2 is 0.882 bits per heavy atom. The zero-order valence-electron chi connectivity index (χ0n) is 38.4. The average Bonchev–Trinajstić information content (AvgIpc) is 3.77. The van der Waals surface area contributed by atoms with E-state index in [9.17, 15) is 0 Å². The topological polar surface area (TPSA) is 51.8 Å². The Kier molecular flexibility index (Phi) is 13.8. The van der Waals surface area contributed by atoms with Gasteiger partial charge in [-0.05, 0) is 81.6 Å². The molecule has 4 nitrogen and oxygen atoms in total. The summed E-state index contributed by atoms with van der Waals surface area (Å²) in [4.78, 5) is 13.7. The monoisotopic (exact) mass is 1060 g/mol. The van der Waals surface area contributed by atoms with Gasteiger partial charge in [-0.2, -0.15) is 42.0 Å². The predicted octanol–water partition coefficient (Wildman–Crippen LogP) is 16.8. The molecular weight excluding hydrogens is 1010 g/mol. The Balaban J connectivity index is 0.000000169. The van der Waals surface area contributed by atoms with Crippen molar-refractivity contribution in [2.75, 3.05) is 0 Å². The molecule has 0 fully saturated rings. The van der Waals surface area contributed by atoms with Gasteiger partial charge >= 0.3 is 20.1 Å². The van der Waals surface area contributed by atoms with Crippen molar-refractivity contribution >= 4 is 21.9 Å². The van der Waals surface area contributed by atoms with E-state index < -0.39 is 0 Å². The van der Waals surface area contributed by atoms with E-state index in [1.807, 2.05) is 85.1 Å². The minimum absolute atomic E-state index is 0. The minimum Gasteiger partial charge on any atom is -0.456 e. The van der Waals surface area contributed by atoms with Crippen LogP contribution < -0.4 is 0 Å². The number of para-hydroxylation sites is 1. The normalized spacial score (nSPS) is 11.1. The van der Waals surface area contributed by atoms with E-state index in [-0.39, 0.29) is 20.1 Å². The molecule has 0 spiro atoms. The summed E-state index contributed by atoms with van der Waals surface area (Å²) in [5.74, 6) is 0.741. The van der Waals surface area contributed by atoms with E-state index >= 15 is 0 Å². The molecular formula is C63H48IrN3O. The molecule has 0 saturated carbocycles. The van der Waals surface area contributed by atoms with E-state index in [4.69, 9.17) is 4.42 Å². The SMILES string of the molecule is CC(C)c1cc(-c2ccccc2)cc(C(C)C)c1-c1cc(-c2[c-]cccc2)[c-]c(-c2ccccn2)c1.[Ir+3].[c-]1c(-c2ccccn2)cc(-c2ccc3c(c2)oc2ccccc23)cc1-c1ccccn1. The van der Waals surface area contributed by atoms with Crippen molar-refractivity contribution in [2.24, 2.45) is 0 Å². The molecule has 0 aliphatic rings. The van der Waals surface area contributed by atoms with Crippen LogP contribution in [0.4, 0.5) is 0 Å². The number of nitrogens with zero attached hydrogens (tertiary/aromatic N) is 3. The number of furan rings is 1. The van der Waals surface area contributed by atoms with Crippen LogP contribution in [-0.4, -0.2) is 15.0 Å². The molecule has 68 heavy (non-hydrogen) atoms. The zero-order chi connectivity index (χ0) is 45.7. The smallest absolute Gasteiger partial charge is 0.456 e. The number of hydrogen-bond donors (Lipinski definition) is 0. The summed E-state index contributed by atoms with van der Waals surface area (Å²) in [5.41, 5.74) is 19.3. The largest absolute Gasteiger partial charge is 3.00 e. The third-order valence-corrected chi connectivity index (χ3v) is 12.1. The molecule has 11 rings (SSSR count). The molecule has 0 bridgehead atoms. The van der Waals surface area contributed by atoms with Gasteiger partial charge in [-0.25, -0.2) is 5.56 Å². The maximum absolute atomic E-state index is 6.11. The fraction of sp³-hybridized carbons (Fsp3) is 0.0952. The van der Waals surface area contributed by atoms with Crippen molar-refractivity contribution in [1.29, 1.82) is 0 Å². The van der Waals surface area contributed by atoms with Gasteiger partial charge < -0.3 is 4.42 Å². The van der Waals surface area contributed by atoms with Crippen molar-refractivity contribution in [1.82, 2.24) is 15.0 Å². The number of pyridine rings is 3. The van der Waals surface area contributed by atoms with Gasteiger partial charge in [0.15, 0.2) is 0 Å². The van der Waals surface area contributed by atoms with Gasteiger partial charge in [0.25, 0.3) is 0 Å². The first kappa shape index (κ1) is 45.6. The molecule has 0 aliphatic carbocycles. The number of hydrogen-bond acceptors (Lipinski definition) is 4. The van der Waals surface area contributed by atoms with Crippen LogP contribution in [0.1, 0.15) is 50.7 Å². The summed E-state index contributed by atoms with van der Waals surface area (Å²) in [7, 11) is 0. The molecule has 7 aromatic carbocycles. The Morgan fingerprint density at radius 3 is 1.44 bits per heavy atom. The van der Waals surface area contributed by atoms with Crippen molar-refractivity contribution in [3.63, 3.8) is 0 Å². The molecule has 0 amide bonds. The van der Waals surface area contributed by atoms with Gasteiger partial charge in [0, 0.05) is 46.4 Å². The second kappa shape index (κ2) is 20.5. The second-order valence-electron chi connectivity index (χ2n) is 17.3. The molecule has 11 aromatic rings. The standard InChI is InChI=1S/C35H31N.C28H17N2O.Ir/c1-24(2)32-22-29(27-15-9-6-10-16-27)23-33(25(3)4)35(32)31-20-28(26-13-7-5-8-14-26)19-30(21-31)34-17-11-12-18-36-34;1-2-10-27-23(7-1)24-12-11-19(18-28(24)31-27)20-15-21(25-8-3-5-13-29-25)17-22(16-20)26-9-4-6-14-30-26;/h5-13,15-18,20-25H,1-4H3;1-16,18H;/q-2;-1;+3. The first-order valence-electron chi connectivity index (χ1n) is 22.9. The first-order chi connectivity index (χ1) is 32.9. The summed E-state index contributed by atoms with van der Waals surface area (Å²) in [6.45, 7) is 9.16. The molecule has 0 aliphatic heterocycles. The fourth-order valence-electron chi connectivity index (χ4n) is 8.77. The van der Waals surface area contributed by atoms with Gasteiger partial charge in [-0.15, -0.1) is 35.9 Å². The van der Waals surface area contributed by atoms with Crippen molar-refractivity contribution in [3.8, 4) is 78.3 Å². The molecule has 4 heterocycles. The Bertz CT molecular complexity index is 3300. The van der Waals surface area contributed by atoms with Crippen molar-refractivity contribution in [3.05, 3.63) is 236 Å². The van der Waals surface area contributed by atoms with Gasteiger partial charge in [0.2, 0.25) is 0 Å². The van der Waals surface area contributed by atoms with E-state index in [1.165, 1.54) is 33.4 Å². The van der Waals surface area contributed by atoms with Gasteiger partial charge in [0.05, 0.1) is 0 Å². The van der Waals surface area contributed by atoms with Crippen LogP contribution in [0.25, 0.3) is 100 Å². The third-order valence-electron chi connectivity index (χ3n) is 12.1. The van der Waals surface area contributed by atoms with Crippen LogP contribution in [0.5, 0.6) is 0 Å². The Labute approximate surface area is 412 Å². The molecule has 0 radical (unpaired) electrons. The van der Waals surface area contributed by atoms with Crippen LogP contribution in [-0.2, 0) is 20.1 Å². The number of aromatic nitrogens is 3. The maximum Gasteiger partial charge on any atom is 3.00 e. The van der Waals surface area contributed by atoms with E-state index in [1.54, 1.807) is 12.4 Å². The maximum atomic E-state index is 6.11. The number of rotatable bonds is 9. The fourth-order valence-corrected chi connectivity index (χ4v) is 8.77. The van der Waals surface area contributed by atoms with Crippen LogP contribution >= 0.6 is 0 Å². The molecule has 330 valence electrons. The number of fused-ring (bicyclic) bond motifs is 3. The van der Waals surface area contributed by atoms with Crippen molar-refractivity contribution < 1.29 is 24.5 Å². The van der Waals surface area contributed by atoms with Crippen LogP contribution in [0.3, 0.4) is 0 Å². The van der Waals surface area contributed by atoms with Crippen LogP contribution in [0.15, 0.2) is 211 Å². The van der Waals surface area contributed by atoms with Crippen LogP contribution in [0, 0.1) is 18.2 Å². The summed E-state index contributed by atoms with van der Waals surface area (Å²) in [5, 5.41) is 2.26. The van der Waals surface area contributed by atoms with Gasteiger partial charge in [-0.1, -0.05) is 153 Å². The van der Waals surface area contributed by atoms with Crippen molar-refractivity contribution in [2.45, 2.75) is 39.5 Å². The second-order valence-corrected chi connectivity index (χ2v) is 17.3. The Morgan fingerprint density at radius 1 is 0.382 bits per heavy atom. The summed E-state index contributed by atoms with van der Waals surface area (Å²) < 4.78 is 6.11. The molecule has 0 unspecified atom stereocenters. The third kappa shape index (κ3) is 9.78. The predicted molar refractivity (Wildman–Crippen MR) is 276 cm³/mol.